The van der Waals surface area contributed by atoms with Gasteiger partial charge in [-0.15, -0.1) is 0 Å². The molecule has 126 valence electrons. The molecule has 1 heterocycles. The van der Waals surface area contributed by atoms with Crippen LogP contribution in [0.25, 0.3) is 0 Å². The lowest BCUT2D eigenvalue weighted by molar-refractivity contribution is -0.142. The molecule has 0 bridgehead atoms. The number of ether oxygens (including phenoxy) is 2. The fraction of sp³-hybridized carbons (Fsp3) is 0.500. The van der Waals surface area contributed by atoms with Crippen molar-refractivity contribution in [1.82, 2.24) is 9.80 Å². The molecule has 23 heavy (non-hydrogen) atoms. The van der Waals surface area contributed by atoms with Gasteiger partial charge in [-0.25, -0.2) is 9.59 Å². The van der Waals surface area contributed by atoms with Gasteiger partial charge in [0.15, 0.2) is 0 Å². The third-order valence-corrected chi connectivity index (χ3v) is 3.61. The number of piperazine rings is 1. The van der Waals surface area contributed by atoms with Crippen LogP contribution in [0.2, 0.25) is 0 Å². The molecule has 1 aliphatic rings. The molecule has 0 radical (unpaired) electrons. The summed E-state index contributed by atoms with van der Waals surface area (Å²) in [7, 11) is 0. The Kier molecular flexibility index (Phi) is 6.83. The molecular weight excluding hydrogens is 300 g/mol. The lowest BCUT2D eigenvalue weighted by Crippen LogP contribution is -2.49. The van der Waals surface area contributed by atoms with Gasteiger partial charge >= 0.3 is 12.1 Å². The minimum Gasteiger partial charge on any atom is -0.480 e. The number of carboxylic acids is 1. The van der Waals surface area contributed by atoms with Gasteiger partial charge in [0, 0.05) is 32.7 Å². The first-order valence-corrected chi connectivity index (χ1v) is 7.62. The first kappa shape index (κ1) is 17.2. The SMILES string of the molecule is O=C(O)COCCN1CCN(C(=O)OCc2ccccc2)CC1. The molecule has 1 N–H and O–H groups in total. The molecule has 7 heteroatoms. The van der Waals surface area contributed by atoms with E-state index in [2.05, 4.69) is 4.90 Å². The molecular formula is C16H22N2O5. The van der Waals surface area contributed by atoms with Crippen molar-refractivity contribution in [3.8, 4) is 0 Å². The molecule has 2 rings (SSSR count). The second kappa shape index (κ2) is 9.12. The fourth-order valence-electron chi connectivity index (χ4n) is 2.32. The number of nitrogens with zero attached hydrogens (tertiary/aromatic N) is 2. The van der Waals surface area contributed by atoms with Crippen molar-refractivity contribution in [1.29, 1.82) is 0 Å². The number of carbonyl (C=O) groups excluding carboxylic acids is 1. The lowest BCUT2D eigenvalue weighted by Gasteiger charge is -2.33. The maximum absolute atomic E-state index is 12.0. The summed E-state index contributed by atoms with van der Waals surface area (Å²) in [6.07, 6.45) is -0.296. The molecule has 0 saturated carbocycles. The Morgan fingerprint density at radius 1 is 1.09 bits per heavy atom. The number of carbonyl (C=O) groups is 2. The van der Waals surface area contributed by atoms with Crippen molar-refractivity contribution in [2.24, 2.45) is 0 Å². The van der Waals surface area contributed by atoms with E-state index in [1.807, 2.05) is 30.3 Å². The Hall–Kier alpha value is -2.12. The monoisotopic (exact) mass is 322 g/mol. The maximum atomic E-state index is 12.0. The Bertz CT molecular complexity index is 500. The summed E-state index contributed by atoms with van der Waals surface area (Å²) >= 11 is 0. The molecule has 0 aromatic heterocycles. The summed E-state index contributed by atoms with van der Waals surface area (Å²) < 4.78 is 10.3. The van der Waals surface area contributed by atoms with Crippen LogP contribution in [0.3, 0.4) is 0 Å². The molecule has 0 aliphatic carbocycles. The van der Waals surface area contributed by atoms with Crippen LogP contribution in [-0.2, 0) is 20.9 Å². The summed E-state index contributed by atoms with van der Waals surface area (Å²) in [6, 6.07) is 9.58. The van der Waals surface area contributed by atoms with Crippen LogP contribution in [-0.4, -0.2) is 72.9 Å². The highest BCUT2D eigenvalue weighted by molar-refractivity contribution is 5.68. The average Bonchev–Trinajstić information content (AvgIpc) is 2.58. The highest BCUT2D eigenvalue weighted by Gasteiger charge is 2.21. The van der Waals surface area contributed by atoms with Crippen LogP contribution in [0.1, 0.15) is 5.56 Å². The number of carboxylic acid groups (broad SMARTS) is 1. The number of benzene rings is 1. The van der Waals surface area contributed by atoms with Gasteiger partial charge in [0.1, 0.15) is 13.2 Å². The summed E-state index contributed by atoms with van der Waals surface area (Å²) in [5.41, 5.74) is 0.968. The normalized spacial score (nSPS) is 15.4. The van der Waals surface area contributed by atoms with Crippen LogP contribution in [0, 0.1) is 0 Å². The quantitative estimate of drug-likeness (QED) is 0.756. The zero-order valence-corrected chi connectivity index (χ0v) is 13.0. The van der Waals surface area contributed by atoms with E-state index in [0.29, 0.717) is 26.2 Å². The predicted molar refractivity (Wildman–Crippen MR) is 83.1 cm³/mol. The number of rotatable bonds is 7. The van der Waals surface area contributed by atoms with Gasteiger partial charge in [0.2, 0.25) is 0 Å². The molecule has 1 fully saturated rings. The van der Waals surface area contributed by atoms with Gasteiger partial charge in [-0.1, -0.05) is 30.3 Å². The smallest absolute Gasteiger partial charge is 0.410 e. The molecule has 0 spiro atoms. The number of hydrogen-bond acceptors (Lipinski definition) is 5. The van der Waals surface area contributed by atoms with Gasteiger partial charge in [0.05, 0.1) is 6.61 Å². The van der Waals surface area contributed by atoms with Gasteiger partial charge in [-0.2, -0.15) is 0 Å². The Balaban J connectivity index is 1.61. The number of aliphatic carboxylic acids is 1. The second-order valence-electron chi connectivity index (χ2n) is 5.32. The molecule has 0 unspecified atom stereocenters. The topological polar surface area (TPSA) is 79.3 Å². The van der Waals surface area contributed by atoms with Gasteiger partial charge in [0.25, 0.3) is 0 Å². The van der Waals surface area contributed by atoms with Crippen LogP contribution in [0.15, 0.2) is 30.3 Å². The van der Waals surface area contributed by atoms with Crippen molar-refractivity contribution < 1.29 is 24.2 Å². The highest BCUT2D eigenvalue weighted by Crippen LogP contribution is 2.06. The van der Waals surface area contributed by atoms with E-state index in [1.54, 1.807) is 4.90 Å². The molecule has 1 aromatic rings. The molecule has 1 saturated heterocycles. The highest BCUT2D eigenvalue weighted by atomic mass is 16.6. The van der Waals surface area contributed by atoms with E-state index in [4.69, 9.17) is 14.6 Å². The van der Waals surface area contributed by atoms with E-state index >= 15 is 0 Å². The van der Waals surface area contributed by atoms with E-state index in [-0.39, 0.29) is 19.3 Å². The van der Waals surface area contributed by atoms with Gasteiger partial charge in [-0.3, -0.25) is 4.90 Å². The molecule has 1 aromatic carbocycles. The third-order valence-electron chi connectivity index (χ3n) is 3.61. The average molecular weight is 322 g/mol. The Morgan fingerprint density at radius 3 is 2.43 bits per heavy atom. The van der Waals surface area contributed by atoms with E-state index in [1.165, 1.54) is 0 Å². The van der Waals surface area contributed by atoms with Crippen LogP contribution >= 0.6 is 0 Å². The number of amides is 1. The first-order valence-electron chi connectivity index (χ1n) is 7.62. The third kappa shape index (κ3) is 6.25. The standard InChI is InChI=1S/C16H22N2O5/c19-15(20)13-22-11-10-17-6-8-18(9-7-17)16(21)23-12-14-4-2-1-3-5-14/h1-5H,6-13H2,(H,19,20). The van der Waals surface area contributed by atoms with Gasteiger partial charge < -0.3 is 19.5 Å². The molecule has 1 amide bonds. The minimum atomic E-state index is -0.962. The van der Waals surface area contributed by atoms with Crippen molar-refractivity contribution >= 4 is 12.1 Å². The summed E-state index contributed by atoms with van der Waals surface area (Å²) in [5, 5.41) is 8.48. The summed E-state index contributed by atoms with van der Waals surface area (Å²) in [5.74, 6) is -0.962. The largest absolute Gasteiger partial charge is 0.480 e. The van der Waals surface area contributed by atoms with Crippen molar-refractivity contribution in [3.63, 3.8) is 0 Å². The first-order chi connectivity index (χ1) is 11.1. The summed E-state index contributed by atoms with van der Waals surface area (Å²) in [4.78, 5) is 26.2. The van der Waals surface area contributed by atoms with Crippen LogP contribution < -0.4 is 0 Å². The molecule has 0 atom stereocenters. The summed E-state index contributed by atoms with van der Waals surface area (Å²) in [6.45, 7) is 3.73. The van der Waals surface area contributed by atoms with Crippen molar-refractivity contribution in [2.45, 2.75) is 6.61 Å². The Morgan fingerprint density at radius 2 is 1.78 bits per heavy atom. The van der Waals surface area contributed by atoms with Gasteiger partial charge in [-0.05, 0) is 5.56 Å². The zero-order chi connectivity index (χ0) is 16.5. The molecule has 1 aliphatic heterocycles. The fourth-order valence-corrected chi connectivity index (χ4v) is 2.32. The Labute approximate surface area is 135 Å². The van der Waals surface area contributed by atoms with Crippen LogP contribution in [0.4, 0.5) is 4.79 Å². The van der Waals surface area contributed by atoms with E-state index in [0.717, 1.165) is 18.7 Å². The second-order valence-corrected chi connectivity index (χ2v) is 5.32. The van der Waals surface area contributed by atoms with Crippen molar-refractivity contribution in [2.75, 3.05) is 45.9 Å². The minimum absolute atomic E-state index is 0.272. The van der Waals surface area contributed by atoms with Crippen LogP contribution in [0.5, 0.6) is 0 Å². The number of hydrogen-bond donors (Lipinski definition) is 1. The van der Waals surface area contributed by atoms with Crippen molar-refractivity contribution in [3.05, 3.63) is 35.9 Å². The van der Waals surface area contributed by atoms with E-state index < -0.39 is 5.97 Å². The van der Waals surface area contributed by atoms with E-state index in [9.17, 15) is 9.59 Å². The zero-order valence-electron chi connectivity index (χ0n) is 13.0. The molecule has 7 nitrogen and oxygen atoms in total. The predicted octanol–water partition coefficient (Wildman–Crippen LogP) is 1.04. The maximum Gasteiger partial charge on any atom is 0.410 e. The lowest BCUT2D eigenvalue weighted by atomic mass is 10.2.